The topological polar surface area (TPSA) is 53.5 Å². The zero-order valence-electron chi connectivity index (χ0n) is 11.4. The molecular formula is C13H11Cl2FN2O3. The molecule has 21 heavy (non-hydrogen) atoms. The molecule has 0 aliphatic heterocycles. The van der Waals surface area contributed by atoms with Gasteiger partial charge in [0.1, 0.15) is 5.75 Å². The van der Waals surface area contributed by atoms with Crippen molar-refractivity contribution in [1.29, 1.82) is 0 Å². The Morgan fingerprint density at radius 3 is 1.81 bits per heavy atom. The fourth-order valence-electron chi connectivity index (χ4n) is 1.72. The van der Waals surface area contributed by atoms with E-state index in [4.69, 9.17) is 37.4 Å². The van der Waals surface area contributed by atoms with Crippen molar-refractivity contribution in [2.24, 2.45) is 0 Å². The number of aromatic nitrogens is 2. The van der Waals surface area contributed by atoms with Gasteiger partial charge in [0.25, 0.3) is 0 Å². The fraction of sp³-hybridized carbons (Fsp3) is 0.231. The smallest absolute Gasteiger partial charge is 0.197 e. The van der Waals surface area contributed by atoms with E-state index in [1.165, 1.54) is 21.3 Å². The van der Waals surface area contributed by atoms with E-state index in [9.17, 15) is 4.39 Å². The summed E-state index contributed by atoms with van der Waals surface area (Å²) in [7, 11) is 4.45. The standard InChI is InChI=1S/C13H11Cl2FN2O3/c1-19-7-5-9(21-3)8(20-2)4-6(7)13-17-11(14)10(16)12(15)18-13/h4-5H,1-3H3. The summed E-state index contributed by atoms with van der Waals surface area (Å²) >= 11 is 11.4. The second-order valence-corrected chi connectivity index (χ2v) is 4.57. The van der Waals surface area contributed by atoms with Crippen molar-refractivity contribution in [3.63, 3.8) is 0 Å². The molecule has 112 valence electrons. The van der Waals surface area contributed by atoms with Crippen LogP contribution in [0.15, 0.2) is 12.1 Å². The molecule has 0 fully saturated rings. The third-order valence-electron chi connectivity index (χ3n) is 2.72. The Morgan fingerprint density at radius 2 is 1.33 bits per heavy atom. The fourth-order valence-corrected chi connectivity index (χ4v) is 2.11. The largest absolute Gasteiger partial charge is 0.496 e. The Hall–Kier alpha value is -1.79. The van der Waals surface area contributed by atoms with Crippen molar-refractivity contribution in [3.8, 4) is 28.6 Å². The third kappa shape index (κ3) is 2.96. The maximum atomic E-state index is 13.4. The van der Waals surface area contributed by atoms with E-state index in [1.807, 2.05) is 0 Å². The second kappa shape index (κ2) is 6.32. The van der Waals surface area contributed by atoms with Gasteiger partial charge in [0, 0.05) is 6.07 Å². The second-order valence-electron chi connectivity index (χ2n) is 3.85. The minimum absolute atomic E-state index is 0.115. The van der Waals surface area contributed by atoms with Crippen LogP contribution in [0.5, 0.6) is 17.2 Å². The van der Waals surface area contributed by atoms with Crippen molar-refractivity contribution in [1.82, 2.24) is 9.97 Å². The van der Waals surface area contributed by atoms with Crippen LogP contribution in [0, 0.1) is 5.82 Å². The van der Waals surface area contributed by atoms with Crippen LogP contribution in [0.2, 0.25) is 10.3 Å². The molecule has 2 aromatic rings. The summed E-state index contributed by atoms with van der Waals surface area (Å²) in [5.74, 6) is 0.558. The summed E-state index contributed by atoms with van der Waals surface area (Å²) in [4.78, 5) is 7.72. The molecule has 0 atom stereocenters. The van der Waals surface area contributed by atoms with Crippen molar-refractivity contribution in [3.05, 3.63) is 28.3 Å². The monoisotopic (exact) mass is 332 g/mol. The maximum Gasteiger partial charge on any atom is 0.197 e. The quantitative estimate of drug-likeness (QED) is 0.800. The van der Waals surface area contributed by atoms with E-state index in [0.717, 1.165) is 0 Å². The first kappa shape index (κ1) is 15.6. The van der Waals surface area contributed by atoms with Crippen LogP contribution in [-0.4, -0.2) is 31.3 Å². The number of benzene rings is 1. The molecule has 8 heteroatoms. The molecule has 0 spiro atoms. The molecule has 0 saturated carbocycles. The molecule has 0 saturated heterocycles. The van der Waals surface area contributed by atoms with E-state index in [1.54, 1.807) is 12.1 Å². The number of halogens is 3. The molecule has 1 aromatic heterocycles. The van der Waals surface area contributed by atoms with Gasteiger partial charge in [0.2, 0.25) is 0 Å². The molecule has 1 aromatic carbocycles. The third-order valence-corrected chi connectivity index (χ3v) is 3.22. The molecular weight excluding hydrogens is 322 g/mol. The molecule has 0 aliphatic carbocycles. The number of methoxy groups -OCH3 is 3. The summed E-state index contributed by atoms with van der Waals surface area (Å²) in [6.07, 6.45) is 0. The molecule has 0 aliphatic rings. The lowest BCUT2D eigenvalue weighted by atomic mass is 10.1. The molecule has 0 amide bonds. The van der Waals surface area contributed by atoms with Gasteiger partial charge in [0.15, 0.2) is 33.4 Å². The first-order chi connectivity index (χ1) is 10.0. The Kier molecular flexibility index (Phi) is 4.69. The van der Waals surface area contributed by atoms with Gasteiger partial charge in [-0.1, -0.05) is 23.2 Å². The summed E-state index contributed by atoms with van der Waals surface area (Å²) in [5.41, 5.74) is 0.443. The zero-order chi connectivity index (χ0) is 15.6. The van der Waals surface area contributed by atoms with Crippen molar-refractivity contribution in [2.75, 3.05) is 21.3 Å². The summed E-state index contributed by atoms with van der Waals surface area (Å²) in [5, 5.41) is -0.747. The normalized spacial score (nSPS) is 10.4. The van der Waals surface area contributed by atoms with Crippen molar-refractivity contribution in [2.45, 2.75) is 0 Å². The Balaban J connectivity index is 2.67. The van der Waals surface area contributed by atoms with Crippen LogP contribution in [0.4, 0.5) is 4.39 Å². The number of rotatable bonds is 4. The van der Waals surface area contributed by atoms with Crippen LogP contribution in [0.1, 0.15) is 0 Å². The lowest BCUT2D eigenvalue weighted by Gasteiger charge is -2.13. The molecule has 0 radical (unpaired) electrons. The van der Waals surface area contributed by atoms with Gasteiger partial charge in [-0.05, 0) is 6.07 Å². The van der Waals surface area contributed by atoms with Gasteiger partial charge in [-0.15, -0.1) is 0 Å². The Labute approximate surface area is 130 Å². The minimum atomic E-state index is -0.874. The van der Waals surface area contributed by atoms with Gasteiger partial charge in [-0.2, -0.15) is 0 Å². The van der Waals surface area contributed by atoms with Crippen LogP contribution in [-0.2, 0) is 0 Å². The van der Waals surface area contributed by atoms with Crippen LogP contribution < -0.4 is 14.2 Å². The Bertz CT molecular complexity index is 660. The predicted octanol–water partition coefficient (Wildman–Crippen LogP) is 3.62. The summed E-state index contributed by atoms with van der Waals surface area (Å²) in [6, 6.07) is 3.19. The average Bonchev–Trinajstić information content (AvgIpc) is 2.50. The van der Waals surface area contributed by atoms with E-state index in [2.05, 4.69) is 9.97 Å². The molecule has 0 unspecified atom stereocenters. The highest BCUT2D eigenvalue weighted by atomic mass is 35.5. The maximum absolute atomic E-state index is 13.4. The van der Waals surface area contributed by atoms with Gasteiger partial charge >= 0.3 is 0 Å². The van der Waals surface area contributed by atoms with E-state index in [0.29, 0.717) is 22.8 Å². The van der Waals surface area contributed by atoms with E-state index >= 15 is 0 Å². The summed E-state index contributed by atoms with van der Waals surface area (Å²) in [6.45, 7) is 0. The average molecular weight is 333 g/mol. The van der Waals surface area contributed by atoms with Gasteiger partial charge in [-0.25, -0.2) is 14.4 Å². The van der Waals surface area contributed by atoms with Crippen LogP contribution in [0.25, 0.3) is 11.4 Å². The van der Waals surface area contributed by atoms with Crippen LogP contribution >= 0.6 is 23.2 Å². The zero-order valence-corrected chi connectivity index (χ0v) is 12.9. The summed E-state index contributed by atoms with van der Waals surface area (Å²) < 4.78 is 29.0. The minimum Gasteiger partial charge on any atom is -0.496 e. The van der Waals surface area contributed by atoms with Gasteiger partial charge < -0.3 is 14.2 Å². The Morgan fingerprint density at radius 1 is 0.857 bits per heavy atom. The van der Waals surface area contributed by atoms with Crippen molar-refractivity contribution >= 4 is 23.2 Å². The predicted molar refractivity (Wildman–Crippen MR) is 77.1 cm³/mol. The first-order valence-corrected chi connectivity index (χ1v) is 6.46. The van der Waals surface area contributed by atoms with Crippen LogP contribution in [0.3, 0.4) is 0 Å². The lowest BCUT2D eigenvalue weighted by molar-refractivity contribution is 0.349. The number of nitrogens with zero attached hydrogens (tertiary/aromatic N) is 2. The van der Waals surface area contributed by atoms with E-state index < -0.39 is 5.82 Å². The number of hydrogen-bond acceptors (Lipinski definition) is 5. The highest BCUT2D eigenvalue weighted by Gasteiger charge is 2.18. The molecule has 0 bridgehead atoms. The molecule has 5 nitrogen and oxygen atoms in total. The molecule has 1 heterocycles. The highest BCUT2D eigenvalue weighted by Crippen LogP contribution is 2.39. The first-order valence-electron chi connectivity index (χ1n) is 5.70. The lowest BCUT2D eigenvalue weighted by Crippen LogP contribution is -1.99. The number of hydrogen-bond donors (Lipinski definition) is 0. The molecule has 0 N–H and O–H groups in total. The van der Waals surface area contributed by atoms with Gasteiger partial charge in [0.05, 0.1) is 26.9 Å². The highest BCUT2D eigenvalue weighted by molar-refractivity contribution is 6.33. The molecule has 2 rings (SSSR count). The number of ether oxygens (including phenoxy) is 3. The van der Waals surface area contributed by atoms with E-state index in [-0.39, 0.29) is 16.1 Å². The SMILES string of the molecule is COc1cc(OC)c(-c2nc(Cl)c(F)c(Cl)n2)cc1OC. The van der Waals surface area contributed by atoms with Gasteiger partial charge in [-0.3, -0.25) is 0 Å². The van der Waals surface area contributed by atoms with Crippen molar-refractivity contribution < 1.29 is 18.6 Å².